The van der Waals surface area contributed by atoms with Crippen LogP contribution in [-0.4, -0.2) is 49.1 Å². The van der Waals surface area contributed by atoms with Crippen molar-refractivity contribution in [1.82, 2.24) is 19.8 Å². The minimum Gasteiger partial charge on any atom is -0.342 e. The summed E-state index contributed by atoms with van der Waals surface area (Å²) >= 11 is 0. The number of likely N-dealkylation sites (tertiary alicyclic amines) is 1. The van der Waals surface area contributed by atoms with Gasteiger partial charge in [0, 0.05) is 13.1 Å². The highest BCUT2D eigenvalue weighted by atomic mass is 32.2. The van der Waals surface area contributed by atoms with Crippen LogP contribution in [-0.2, 0) is 14.8 Å². The first-order valence-corrected chi connectivity index (χ1v) is 7.76. The number of carbonyl (C=O) groups excluding carboxylic acids is 1. The van der Waals surface area contributed by atoms with Gasteiger partial charge in [-0.1, -0.05) is 0 Å². The maximum Gasteiger partial charge on any atom is 0.244 e. The minimum absolute atomic E-state index is 0.0824. The molecule has 0 aliphatic carbocycles. The number of rotatable bonds is 4. The number of hydrogen-bond acceptors (Lipinski definition) is 4. The lowest BCUT2D eigenvalue weighted by atomic mass is 10.1. The zero-order chi connectivity index (χ0) is 13.9. The van der Waals surface area contributed by atoms with E-state index in [4.69, 9.17) is 0 Å². The first-order chi connectivity index (χ1) is 9.00. The lowest BCUT2D eigenvalue weighted by Crippen LogP contribution is -2.42. The second-order valence-electron chi connectivity index (χ2n) is 4.63. The van der Waals surface area contributed by atoms with Crippen molar-refractivity contribution in [3.05, 3.63) is 11.9 Å². The maximum atomic E-state index is 12.0. The van der Waals surface area contributed by atoms with E-state index in [2.05, 4.69) is 14.9 Å². The Labute approximate surface area is 112 Å². The first kappa shape index (κ1) is 14.0. The van der Waals surface area contributed by atoms with Crippen LogP contribution in [0.5, 0.6) is 0 Å². The van der Waals surface area contributed by atoms with E-state index in [-0.39, 0.29) is 17.3 Å². The van der Waals surface area contributed by atoms with E-state index >= 15 is 0 Å². The number of amides is 1. The predicted octanol–water partition coefficient (Wildman–Crippen LogP) is 0.00892. The van der Waals surface area contributed by atoms with Gasteiger partial charge in [0.1, 0.15) is 4.90 Å². The molecule has 0 unspecified atom stereocenters. The van der Waals surface area contributed by atoms with Crippen molar-refractivity contribution in [2.24, 2.45) is 0 Å². The molecule has 0 aromatic carbocycles. The fourth-order valence-corrected chi connectivity index (χ4v) is 3.21. The Bertz CT molecular complexity index is 546. The smallest absolute Gasteiger partial charge is 0.244 e. The number of hydrogen-bond donors (Lipinski definition) is 2. The lowest BCUT2D eigenvalue weighted by molar-refractivity contribution is -0.130. The fraction of sp³-hybridized carbons (Fsp3) is 0.636. The van der Waals surface area contributed by atoms with Crippen LogP contribution in [0.4, 0.5) is 0 Å². The molecule has 19 heavy (non-hydrogen) atoms. The van der Waals surface area contributed by atoms with Crippen molar-refractivity contribution < 1.29 is 13.2 Å². The number of nitrogens with zero attached hydrogens (tertiary/aromatic N) is 2. The molecular weight excluding hydrogens is 268 g/mol. The number of aryl methyl sites for hydroxylation is 1. The fourth-order valence-electron chi connectivity index (χ4n) is 2.10. The molecule has 0 radical (unpaired) electrons. The number of piperidine rings is 1. The Balaban J connectivity index is 1.94. The minimum atomic E-state index is -3.67. The molecule has 1 saturated heterocycles. The topological polar surface area (TPSA) is 95.2 Å². The van der Waals surface area contributed by atoms with Crippen molar-refractivity contribution in [3.8, 4) is 0 Å². The third kappa shape index (κ3) is 3.32. The van der Waals surface area contributed by atoms with Crippen LogP contribution in [0.2, 0.25) is 0 Å². The van der Waals surface area contributed by atoms with Crippen molar-refractivity contribution in [1.29, 1.82) is 0 Å². The van der Waals surface area contributed by atoms with Gasteiger partial charge in [-0.05, 0) is 26.2 Å². The molecule has 0 spiro atoms. The second kappa shape index (κ2) is 5.70. The van der Waals surface area contributed by atoms with Crippen LogP contribution in [0.3, 0.4) is 0 Å². The maximum absolute atomic E-state index is 12.0. The summed E-state index contributed by atoms with van der Waals surface area (Å²) in [7, 11) is -3.67. The van der Waals surface area contributed by atoms with E-state index in [1.54, 1.807) is 11.8 Å². The highest BCUT2D eigenvalue weighted by Gasteiger charge is 2.22. The van der Waals surface area contributed by atoms with Crippen molar-refractivity contribution in [2.75, 3.05) is 19.6 Å². The Morgan fingerprint density at radius 2 is 2.11 bits per heavy atom. The van der Waals surface area contributed by atoms with Crippen molar-refractivity contribution in [3.63, 3.8) is 0 Å². The van der Waals surface area contributed by atoms with Crippen LogP contribution in [0.1, 0.15) is 25.0 Å². The Kier molecular flexibility index (Phi) is 4.20. The van der Waals surface area contributed by atoms with E-state index in [1.165, 1.54) is 6.20 Å². The molecule has 1 aliphatic heterocycles. The molecule has 106 valence electrons. The summed E-state index contributed by atoms with van der Waals surface area (Å²) in [5.41, 5.74) is 0.456. The molecular formula is C11H18N4O3S. The van der Waals surface area contributed by atoms with Crippen LogP contribution >= 0.6 is 0 Å². The molecule has 0 atom stereocenters. The molecule has 1 amide bonds. The number of sulfonamides is 1. The van der Waals surface area contributed by atoms with Gasteiger partial charge in [0.2, 0.25) is 15.9 Å². The standard InChI is InChI=1S/C11H18N4O3S/c1-9-10(7-12-14-9)19(17,18)13-8-11(16)15-5-3-2-4-6-15/h7,13H,2-6,8H2,1H3,(H,12,14). The number of carbonyl (C=O) groups is 1. The molecule has 2 N–H and O–H groups in total. The van der Waals surface area contributed by atoms with Gasteiger partial charge in [0.25, 0.3) is 0 Å². The second-order valence-corrected chi connectivity index (χ2v) is 6.36. The average Bonchev–Trinajstić information content (AvgIpc) is 2.84. The number of H-pyrrole nitrogens is 1. The Morgan fingerprint density at radius 1 is 1.42 bits per heavy atom. The molecule has 1 fully saturated rings. The highest BCUT2D eigenvalue weighted by Crippen LogP contribution is 2.11. The summed E-state index contributed by atoms with van der Waals surface area (Å²) in [6, 6.07) is 0. The average molecular weight is 286 g/mol. The van der Waals surface area contributed by atoms with Gasteiger partial charge in [-0.2, -0.15) is 5.10 Å². The molecule has 1 aliphatic rings. The van der Waals surface area contributed by atoms with Crippen LogP contribution in [0.15, 0.2) is 11.1 Å². The third-order valence-electron chi connectivity index (χ3n) is 3.20. The number of aromatic nitrogens is 2. The van der Waals surface area contributed by atoms with E-state index in [9.17, 15) is 13.2 Å². The van der Waals surface area contributed by atoms with Gasteiger partial charge in [0.15, 0.2) is 0 Å². The van der Waals surface area contributed by atoms with E-state index in [0.717, 1.165) is 19.3 Å². The van der Waals surface area contributed by atoms with Crippen LogP contribution in [0.25, 0.3) is 0 Å². The van der Waals surface area contributed by atoms with E-state index < -0.39 is 10.0 Å². The summed E-state index contributed by atoms with van der Waals surface area (Å²) in [6.45, 7) is 2.84. The molecule has 2 rings (SSSR count). The first-order valence-electron chi connectivity index (χ1n) is 6.28. The largest absolute Gasteiger partial charge is 0.342 e. The summed E-state index contributed by atoms with van der Waals surface area (Å²) in [5, 5.41) is 6.23. The van der Waals surface area contributed by atoms with Gasteiger partial charge >= 0.3 is 0 Å². The third-order valence-corrected chi connectivity index (χ3v) is 4.71. The predicted molar refractivity (Wildman–Crippen MR) is 68.9 cm³/mol. The van der Waals surface area contributed by atoms with Gasteiger partial charge in [-0.3, -0.25) is 9.89 Å². The van der Waals surface area contributed by atoms with Crippen LogP contribution in [0, 0.1) is 6.92 Å². The molecule has 8 heteroatoms. The monoisotopic (exact) mass is 286 g/mol. The Morgan fingerprint density at radius 3 is 2.68 bits per heavy atom. The van der Waals surface area contributed by atoms with Gasteiger partial charge in [-0.25, -0.2) is 13.1 Å². The van der Waals surface area contributed by atoms with Crippen molar-refractivity contribution in [2.45, 2.75) is 31.1 Å². The van der Waals surface area contributed by atoms with Gasteiger partial charge in [0.05, 0.1) is 18.4 Å². The lowest BCUT2D eigenvalue weighted by Gasteiger charge is -2.26. The summed E-state index contributed by atoms with van der Waals surface area (Å²) in [4.78, 5) is 13.7. The summed E-state index contributed by atoms with van der Waals surface area (Å²) in [5.74, 6) is -0.176. The molecule has 7 nitrogen and oxygen atoms in total. The highest BCUT2D eigenvalue weighted by molar-refractivity contribution is 7.89. The van der Waals surface area contributed by atoms with Gasteiger partial charge < -0.3 is 4.90 Å². The summed E-state index contributed by atoms with van der Waals surface area (Å²) < 4.78 is 26.2. The molecule has 0 bridgehead atoms. The molecule has 1 aromatic heterocycles. The number of aromatic amines is 1. The molecule has 2 heterocycles. The number of nitrogens with one attached hydrogen (secondary N) is 2. The normalized spacial score (nSPS) is 16.6. The zero-order valence-electron chi connectivity index (χ0n) is 10.8. The van der Waals surface area contributed by atoms with Crippen molar-refractivity contribution >= 4 is 15.9 Å². The quantitative estimate of drug-likeness (QED) is 0.815. The van der Waals surface area contributed by atoms with Crippen LogP contribution < -0.4 is 4.72 Å². The van der Waals surface area contributed by atoms with E-state index in [1.807, 2.05) is 0 Å². The molecule has 0 saturated carbocycles. The Hall–Kier alpha value is -1.41. The van der Waals surface area contributed by atoms with Gasteiger partial charge in [-0.15, -0.1) is 0 Å². The zero-order valence-corrected chi connectivity index (χ0v) is 11.7. The van der Waals surface area contributed by atoms with E-state index in [0.29, 0.717) is 18.8 Å². The summed E-state index contributed by atoms with van der Waals surface area (Å²) in [6.07, 6.45) is 4.34. The SMILES string of the molecule is Cc1[nH]ncc1S(=O)(=O)NCC(=O)N1CCCCC1. The molecule has 1 aromatic rings.